The molecule has 1 atom stereocenters. The highest BCUT2D eigenvalue weighted by Crippen LogP contribution is 2.30. The molecule has 0 aromatic heterocycles. The SMILES string of the molecule is CC(N)Cc1ccccc1Oc1cc(Cl)cc(Cl)c1. The van der Waals surface area contributed by atoms with Gasteiger partial charge < -0.3 is 10.5 Å². The Hall–Kier alpha value is -1.22. The lowest BCUT2D eigenvalue weighted by Gasteiger charge is -2.13. The highest BCUT2D eigenvalue weighted by Gasteiger charge is 2.07. The first kappa shape index (κ1) is 14.2. The van der Waals surface area contributed by atoms with Crippen LogP contribution in [0, 0.1) is 0 Å². The average molecular weight is 296 g/mol. The summed E-state index contributed by atoms with van der Waals surface area (Å²) >= 11 is 11.9. The minimum atomic E-state index is 0.0766. The lowest BCUT2D eigenvalue weighted by Crippen LogP contribution is -2.18. The van der Waals surface area contributed by atoms with E-state index in [4.69, 9.17) is 33.7 Å². The molecule has 0 saturated carbocycles. The summed E-state index contributed by atoms with van der Waals surface area (Å²) in [5.74, 6) is 1.40. The van der Waals surface area contributed by atoms with E-state index in [0.29, 0.717) is 15.8 Å². The van der Waals surface area contributed by atoms with Crippen molar-refractivity contribution in [1.82, 2.24) is 0 Å². The molecule has 0 amide bonds. The van der Waals surface area contributed by atoms with Gasteiger partial charge in [-0.15, -0.1) is 0 Å². The fourth-order valence-electron chi connectivity index (χ4n) is 1.83. The minimum Gasteiger partial charge on any atom is -0.457 e. The van der Waals surface area contributed by atoms with Crippen molar-refractivity contribution in [2.75, 3.05) is 0 Å². The Morgan fingerprint density at radius 3 is 2.37 bits per heavy atom. The normalized spacial score (nSPS) is 12.2. The van der Waals surface area contributed by atoms with E-state index in [1.807, 2.05) is 31.2 Å². The summed E-state index contributed by atoms with van der Waals surface area (Å²) in [6.45, 7) is 1.97. The first-order chi connectivity index (χ1) is 9.04. The Labute approximate surface area is 123 Å². The van der Waals surface area contributed by atoms with Gasteiger partial charge in [0.05, 0.1) is 0 Å². The van der Waals surface area contributed by atoms with Crippen molar-refractivity contribution in [2.45, 2.75) is 19.4 Å². The van der Waals surface area contributed by atoms with Gasteiger partial charge in [-0.05, 0) is 43.2 Å². The van der Waals surface area contributed by atoms with E-state index in [1.54, 1.807) is 18.2 Å². The van der Waals surface area contributed by atoms with Gasteiger partial charge in [0.2, 0.25) is 0 Å². The number of nitrogens with two attached hydrogens (primary N) is 1. The van der Waals surface area contributed by atoms with Gasteiger partial charge in [-0.25, -0.2) is 0 Å². The van der Waals surface area contributed by atoms with E-state index >= 15 is 0 Å². The summed E-state index contributed by atoms with van der Waals surface area (Å²) in [5, 5.41) is 1.10. The van der Waals surface area contributed by atoms with Crippen LogP contribution in [0.5, 0.6) is 11.5 Å². The molecule has 4 heteroatoms. The lowest BCUT2D eigenvalue weighted by atomic mass is 10.1. The van der Waals surface area contributed by atoms with Crippen molar-refractivity contribution in [3.63, 3.8) is 0 Å². The Kier molecular flexibility index (Phi) is 4.70. The number of benzene rings is 2. The molecule has 0 aliphatic heterocycles. The Balaban J connectivity index is 2.27. The van der Waals surface area contributed by atoms with E-state index in [1.165, 1.54) is 0 Å². The third-order valence-corrected chi connectivity index (χ3v) is 3.01. The molecule has 1 unspecified atom stereocenters. The topological polar surface area (TPSA) is 35.2 Å². The third kappa shape index (κ3) is 4.13. The molecule has 2 aromatic rings. The Morgan fingerprint density at radius 1 is 1.11 bits per heavy atom. The number of ether oxygens (including phenoxy) is 1. The molecule has 2 rings (SSSR count). The molecule has 2 nitrogen and oxygen atoms in total. The van der Waals surface area contributed by atoms with Gasteiger partial charge in [0.1, 0.15) is 11.5 Å². The molecule has 0 heterocycles. The van der Waals surface area contributed by atoms with Gasteiger partial charge in [-0.2, -0.15) is 0 Å². The number of hydrogen-bond acceptors (Lipinski definition) is 2. The largest absolute Gasteiger partial charge is 0.457 e. The van der Waals surface area contributed by atoms with Crippen LogP contribution in [-0.4, -0.2) is 6.04 Å². The zero-order valence-electron chi connectivity index (χ0n) is 10.6. The number of halogens is 2. The molecule has 100 valence electrons. The second-order valence-corrected chi connectivity index (χ2v) is 5.37. The number of para-hydroxylation sites is 1. The number of rotatable bonds is 4. The van der Waals surface area contributed by atoms with E-state index < -0.39 is 0 Å². The summed E-state index contributed by atoms with van der Waals surface area (Å²) in [5.41, 5.74) is 6.90. The molecular weight excluding hydrogens is 281 g/mol. The molecule has 0 fully saturated rings. The van der Waals surface area contributed by atoms with Crippen LogP contribution in [0.4, 0.5) is 0 Å². The summed E-state index contributed by atoms with van der Waals surface area (Å²) < 4.78 is 5.85. The summed E-state index contributed by atoms with van der Waals surface area (Å²) in [4.78, 5) is 0. The van der Waals surface area contributed by atoms with Gasteiger partial charge in [-0.3, -0.25) is 0 Å². The zero-order chi connectivity index (χ0) is 13.8. The van der Waals surface area contributed by atoms with Gasteiger partial charge in [-0.1, -0.05) is 41.4 Å². The van der Waals surface area contributed by atoms with Crippen LogP contribution < -0.4 is 10.5 Å². The smallest absolute Gasteiger partial charge is 0.130 e. The Bertz CT molecular complexity index is 550. The second-order valence-electron chi connectivity index (χ2n) is 4.50. The summed E-state index contributed by atoms with van der Waals surface area (Å²) in [6, 6.07) is 13.0. The van der Waals surface area contributed by atoms with Crippen molar-refractivity contribution in [2.24, 2.45) is 5.73 Å². The fourth-order valence-corrected chi connectivity index (χ4v) is 2.34. The van der Waals surface area contributed by atoms with E-state index in [9.17, 15) is 0 Å². The molecule has 0 bridgehead atoms. The Morgan fingerprint density at radius 2 is 1.74 bits per heavy atom. The van der Waals surface area contributed by atoms with Crippen LogP contribution in [0.3, 0.4) is 0 Å². The molecule has 0 radical (unpaired) electrons. The first-order valence-electron chi connectivity index (χ1n) is 6.02. The maximum absolute atomic E-state index is 5.96. The van der Waals surface area contributed by atoms with Crippen molar-refractivity contribution in [1.29, 1.82) is 0 Å². The quantitative estimate of drug-likeness (QED) is 0.889. The predicted molar refractivity (Wildman–Crippen MR) is 80.3 cm³/mol. The van der Waals surface area contributed by atoms with Gasteiger partial charge in [0.15, 0.2) is 0 Å². The molecule has 2 N–H and O–H groups in total. The van der Waals surface area contributed by atoms with Crippen LogP contribution in [0.25, 0.3) is 0 Å². The van der Waals surface area contributed by atoms with Crippen molar-refractivity contribution in [3.05, 3.63) is 58.1 Å². The van der Waals surface area contributed by atoms with E-state index in [-0.39, 0.29) is 6.04 Å². The fraction of sp³-hybridized carbons (Fsp3) is 0.200. The monoisotopic (exact) mass is 295 g/mol. The predicted octanol–water partition coefficient (Wildman–Crippen LogP) is 4.68. The van der Waals surface area contributed by atoms with Crippen LogP contribution in [0.1, 0.15) is 12.5 Å². The minimum absolute atomic E-state index is 0.0766. The van der Waals surface area contributed by atoms with Crippen molar-refractivity contribution >= 4 is 23.2 Å². The second kappa shape index (κ2) is 6.29. The first-order valence-corrected chi connectivity index (χ1v) is 6.77. The van der Waals surface area contributed by atoms with Crippen molar-refractivity contribution in [3.8, 4) is 11.5 Å². The van der Waals surface area contributed by atoms with E-state index in [2.05, 4.69) is 0 Å². The van der Waals surface area contributed by atoms with E-state index in [0.717, 1.165) is 17.7 Å². The highest BCUT2D eigenvalue weighted by molar-refractivity contribution is 6.34. The molecular formula is C15H15Cl2NO. The molecule has 0 aliphatic carbocycles. The standard InChI is InChI=1S/C15H15Cl2NO/c1-10(18)6-11-4-2-3-5-15(11)19-14-8-12(16)7-13(17)9-14/h2-5,7-10H,6,18H2,1H3. The number of hydrogen-bond donors (Lipinski definition) is 1. The molecule has 0 spiro atoms. The summed E-state index contributed by atoms with van der Waals surface area (Å²) in [6.07, 6.45) is 0.754. The maximum atomic E-state index is 5.96. The molecule has 0 saturated heterocycles. The van der Waals surface area contributed by atoms with Crippen LogP contribution in [0.15, 0.2) is 42.5 Å². The highest BCUT2D eigenvalue weighted by atomic mass is 35.5. The van der Waals surface area contributed by atoms with Crippen LogP contribution >= 0.6 is 23.2 Å². The molecule has 19 heavy (non-hydrogen) atoms. The van der Waals surface area contributed by atoms with Crippen LogP contribution in [-0.2, 0) is 6.42 Å². The lowest BCUT2D eigenvalue weighted by molar-refractivity contribution is 0.474. The average Bonchev–Trinajstić information content (AvgIpc) is 2.29. The molecule has 2 aromatic carbocycles. The van der Waals surface area contributed by atoms with Gasteiger partial charge in [0.25, 0.3) is 0 Å². The summed E-state index contributed by atoms with van der Waals surface area (Å²) in [7, 11) is 0. The third-order valence-electron chi connectivity index (χ3n) is 2.58. The van der Waals surface area contributed by atoms with Crippen molar-refractivity contribution < 1.29 is 4.74 Å². The maximum Gasteiger partial charge on any atom is 0.130 e. The molecule has 0 aliphatic rings. The van der Waals surface area contributed by atoms with Gasteiger partial charge >= 0.3 is 0 Å². The van der Waals surface area contributed by atoms with Crippen LogP contribution in [0.2, 0.25) is 10.0 Å². The zero-order valence-corrected chi connectivity index (χ0v) is 12.1. The van der Waals surface area contributed by atoms with Gasteiger partial charge in [0, 0.05) is 16.1 Å².